The molecular weight excluding hydrogens is 248 g/mol. The summed E-state index contributed by atoms with van der Waals surface area (Å²) in [7, 11) is 0. The van der Waals surface area contributed by atoms with E-state index in [1.807, 2.05) is 0 Å². The maximum atomic E-state index is 6.08. The Hall–Kier alpha value is -0.120. The van der Waals surface area contributed by atoms with E-state index in [4.69, 9.17) is 4.74 Å². The second-order valence-corrected chi connectivity index (χ2v) is 7.38. The van der Waals surface area contributed by atoms with E-state index >= 15 is 0 Å². The van der Waals surface area contributed by atoms with Gasteiger partial charge in [0, 0.05) is 25.2 Å². The van der Waals surface area contributed by atoms with Crippen LogP contribution >= 0.6 is 0 Å². The Morgan fingerprint density at radius 1 is 1.20 bits per heavy atom. The topological polar surface area (TPSA) is 24.5 Å². The fraction of sp³-hybridized carbons (Fsp3) is 1.00. The quantitative estimate of drug-likeness (QED) is 0.802. The molecule has 0 aromatic rings. The van der Waals surface area contributed by atoms with Crippen molar-refractivity contribution in [2.24, 2.45) is 0 Å². The zero-order chi connectivity index (χ0) is 14.6. The Morgan fingerprint density at radius 2 is 1.95 bits per heavy atom. The molecule has 0 spiro atoms. The zero-order valence-electron chi connectivity index (χ0n) is 14.0. The van der Waals surface area contributed by atoms with Crippen LogP contribution in [0, 0.1) is 0 Å². The first kappa shape index (κ1) is 16.3. The lowest BCUT2D eigenvalue weighted by Gasteiger charge is -2.47. The molecule has 2 aliphatic rings. The first-order valence-electron chi connectivity index (χ1n) is 8.67. The van der Waals surface area contributed by atoms with Crippen molar-refractivity contribution >= 4 is 0 Å². The fourth-order valence-corrected chi connectivity index (χ4v) is 4.05. The highest BCUT2D eigenvalue weighted by atomic mass is 16.5. The van der Waals surface area contributed by atoms with E-state index in [0.29, 0.717) is 18.2 Å². The number of ether oxygens (including phenoxy) is 1. The highest BCUT2D eigenvalue weighted by Gasteiger charge is 2.37. The van der Waals surface area contributed by atoms with Crippen LogP contribution in [0.1, 0.15) is 66.2 Å². The minimum absolute atomic E-state index is 0.000717. The number of hydrogen-bond acceptors (Lipinski definition) is 3. The number of nitrogens with one attached hydrogen (secondary N) is 1. The van der Waals surface area contributed by atoms with Crippen LogP contribution in [0.3, 0.4) is 0 Å². The number of hydrogen-bond donors (Lipinski definition) is 1. The summed E-state index contributed by atoms with van der Waals surface area (Å²) in [5, 5.41) is 3.82. The smallest absolute Gasteiger partial charge is 0.0757 e. The molecule has 3 nitrogen and oxygen atoms in total. The normalized spacial score (nSPS) is 35.7. The summed E-state index contributed by atoms with van der Waals surface area (Å²) >= 11 is 0. The van der Waals surface area contributed by atoms with Crippen LogP contribution in [0.2, 0.25) is 0 Å². The van der Waals surface area contributed by atoms with Crippen LogP contribution in [-0.4, -0.2) is 48.3 Å². The van der Waals surface area contributed by atoms with Gasteiger partial charge < -0.3 is 10.1 Å². The molecule has 0 bridgehead atoms. The maximum Gasteiger partial charge on any atom is 0.0757 e. The summed E-state index contributed by atoms with van der Waals surface area (Å²) < 4.78 is 6.08. The molecule has 20 heavy (non-hydrogen) atoms. The molecule has 1 heterocycles. The van der Waals surface area contributed by atoms with Gasteiger partial charge in [0.2, 0.25) is 0 Å². The minimum Gasteiger partial charge on any atom is -0.370 e. The van der Waals surface area contributed by atoms with Crippen LogP contribution in [0.5, 0.6) is 0 Å². The Bertz CT molecular complexity index is 293. The average Bonchev–Trinajstić information content (AvgIpc) is 2.59. The van der Waals surface area contributed by atoms with Crippen LogP contribution in [0.15, 0.2) is 0 Å². The third-order valence-corrected chi connectivity index (χ3v) is 4.70. The van der Waals surface area contributed by atoms with Gasteiger partial charge >= 0.3 is 0 Å². The summed E-state index contributed by atoms with van der Waals surface area (Å²) in [5.41, 5.74) is -0.000717. The predicted octanol–water partition coefficient (Wildman–Crippen LogP) is 3.19. The number of nitrogens with zero attached hydrogens (tertiary/aromatic N) is 1. The molecule has 1 saturated heterocycles. The van der Waals surface area contributed by atoms with E-state index in [1.54, 1.807) is 0 Å². The lowest BCUT2D eigenvalue weighted by Crippen LogP contribution is -2.59. The van der Waals surface area contributed by atoms with Gasteiger partial charge in [-0.1, -0.05) is 26.2 Å². The lowest BCUT2D eigenvalue weighted by atomic mass is 9.96. The van der Waals surface area contributed by atoms with Gasteiger partial charge in [-0.05, 0) is 46.6 Å². The van der Waals surface area contributed by atoms with E-state index in [0.717, 1.165) is 19.6 Å². The third kappa shape index (κ3) is 4.44. The van der Waals surface area contributed by atoms with E-state index in [9.17, 15) is 0 Å². The van der Waals surface area contributed by atoms with Crippen LogP contribution in [0.4, 0.5) is 0 Å². The molecular formula is C17H34N2O. The summed E-state index contributed by atoms with van der Waals surface area (Å²) in [4.78, 5) is 2.72. The van der Waals surface area contributed by atoms with Gasteiger partial charge in [-0.25, -0.2) is 0 Å². The number of morpholine rings is 1. The van der Waals surface area contributed by atoms with Crippen molar-refractivity contribution in [1.82, 2.24) is 10.2 Å². The van der Waals surface area contributed by atoms with Crippen molar-refractivity contribution in [3.05, 3.63) is 0 Å². The maximum absolute atomic E-state index is 6.08. The molecule has 0 aromatic carbocycles. The van der Waals surface area contributed by atoms with Gasteiger partial charge in [0.15, 0.2) is 0 Å². The molecule has 1 N–H and O–H groups in total. The van der Waals surface area contributed by atoms with E-state index in [-0.39, 0.29) is 5.60 Å². The lowest BCUT2D eigenvalue weighted by molar-refractivity contribution is -0.140. The molecule has 3 heteroatoms. The van der Waals surface area contributed by atoms with Crippen molar-refractivity contribution in [2.75, 3.05) is 19.6 Å². The van der Waals surface area contributed by atoms with Gasteiger partial charge in [0.05, 0.1) is 11.7 Å². The number of rotatable bonds is 4. The van der Waals surface area contributed by atoms with Crippen molar-refractivity contribution < 1.29 is 4.74 Å². The standard InChI is InChI=1S/C17H34N2O/c1-5-11-18-15-9-7-6-8-10-16(15)19-12-14(2)20-17(3,4)13-19/h14-16,18H,5-13H2,1-4H3. The van der Waals surface area contributed by atoms with Crippen molar-refractivity contribution in [2.45, 2.75) is 90.0 Å². The van der Waals surface area contributed by atoms with Crippen molar-refractivity contribution in [1.29, 1.82) is 0 Å². The highest BCUT2D eigenvalue weighted by Crippen LogP contribution is 2.28. The SMILES string of the molecule is CCCNC1CCCCCC1N1CC(C)OC(C)(C)C1. The molecule has 0 aromatic heterocycles. The van der Waals surface area contributed by atoms with Gasteiger partial charge in [0.25, 0.3) is 0 Å². The average molecular weight is 282 g/mol. The predicted molar refractivity (Wildman–Crippen MR) is 85.2 cm³/mol. The first-order valence-corrected chi connectivity index (χ1v) is 8.67. The van der Waals surface area contributed by atoms with Gasteiger partial charge in [-0.2, -0.15) is 0 Å². The minimum atomic E-state index is -0.000717. The van der Waals surface area contributed by atoms with Crippen LogP contribution < -0.4 is 5.32 Å². The molecule has 0 radical (unpaired) electrons. The zero-order valence-corrected chi connectivity index (χ0v) is 14.0. The monoisotopic (exact) mass is 282 g/mol. The van der Waals surface area contributed by atoms with Gasteiger partial charge in [0.1, 0.15) is 0 Å². The summed E-state index contributed by atoms with van der Waals surface area (Å²) in [6.45, 7) is 12.3. The van der Waals surface area contributed by atoms with Crippen molar-refractivity contribution in [3.8, 4) is 0 Å². The Morgan fingerprint density at radius 3 is 2.65 bits per heavy atom. The molecule has 2 rings (SSSR count). The van der Waals surface area contributed by atoms with Crippen molar-refractivity contribution in [3.63, 3.8) is 0 Å². The largest absolute Gasteiger partial charge is 0.370 e. The molecule has 1 aliphatic carbocycles. The molecule has 0 amide bonds. The third-order valence-electron chi connectivity index (χ3n) is 4.70. The molecule has 118 valence electrons. The van der Waals surface area contributed by atoms with E-state index in [2.05, 4.69) is 37.9 Å². The van der Waals surface area contributed by atoms with Gasteiger partial charge in [-0.15, -0.1) is 0 Å². The molecule has 1 saturated carbocycles. The summed E-state index contributed by atoms with van der Waals surface area (Å²) in [6, 6.07) is 1.38. The summed E-state index contributed by atoms with van der Waals surface area (Å²) in [6.07, 6.45) is 8.47. The Kier molecular flexibility index (Phi) is 5.88. The Balaban J connectivity index is 2.04. The highest BCUT2D eigenvalue weighted by molar-refractivity contribution is 4.92. The van der Waals surface area contributed by atoms with Gasteiger partial charge in [-0.3, -0.25) is 4.90 Å². The van der Waals surface area contributed by atoms with E-state index < -0.39 is 0 Å². The Labute approximate surface area is 125 Å². The molecule has 2 fully saturated rings. The molecule has 1 aliphatic heterocycles. The fourth-order valence-electron chi connectivity index (χ4n) is 4.05. The van der Waals surface area contributed by atoms with E-state index in [1.165, 1.54) is 38.5 Å². The second kappa shape index (κ2) is 7.24. The first-order chi connectivity index (χ1) is 9.52. The van der Waals surface area contributed by atoms with Crippen LogP contribution in [-0.2, 0) is 4.74 Å². The summed E-state index contributed by atoms with van der Waals surface area (Å²) in [5.74, 6) is 0. The molecule has 3 atom stereocenters. The van der Waals surface area contributed by atoms with Crippen LogP contribution in [0.25, 0.3) is 0 Å². The molecule has 3 unspecified atom stereocenters. The second-order valence-electron chi connectivity index (χ2n) is 7.38.